The molecule has 1 aliphatic rings. The monoisotopic (exact) mass is 372 g/mol. The van der Waals surface area contributed by atoms with Crippen LogP contribution in [0.5, 0.6) is 5.75 Å². The van der Waals surface area contributed by atoms with Crippen molar-refractivity contribution in [1.29, 1.82) is 0 Å². The van der Waals surface area contributed by atoms with E-state index in [0.29, 0.717) is 28.5 Å². The maximum Gasteiger partial charge on any atom is 0.179 e. The summed E-state index contributed by atoms with van der Waals surface area (Å²) in [5.74, 6) is 0.266. The summed E-state index contributed by atoms with van der Waals surface area (Å²) >= 11 is 5.94. The van der Waals surface area contributed by atoms with Crippen molar-refractivity contribution in [2.24, 2.45) is 4.99 Å². The number of anilines is 1. The largest absolute Gasteiger partial charge is 0.491 e. The van der Waals surface area contributed by atoms with E-state index in [1.807, 2.05) is 0 Å². The molecule has 0 radical (unpaired) electrons. The molecule has 0 fully saturated rings. The van der Waals surface area contributed by atoms with Crippen molar-refractivity contribution in [3.63, 3.8) is 0 Å². The first-order valence-corrected chi connectivity index (χ1v) is 8.00. The number of ether oxygens (including phenoxy) is 1. The highest BCUT2D eigenvalue weighted by atomic mass is 35.5. The minimum absolute atomic E-state index is 0.135. The van der Waals surface area contributed by atoms with Crippen LogP contribution in [0.4, 0.5) is 10.2 Å². The van der Waals surface area contributed by atoms with Crippen molar-refractivity contribution >= 4 is 29.9 Å². The second-order valence-corrected chi connectivity index (χ2v) is 5.70. The zero-order chi connectivity index (χ0) is 18.5. The van der Waals surface area contributed by atoms with Gasteiger partial charge in [-0.15, -0.1) is 0 Å². The maximum atomic E-state index is 14.1. The van der Waals surface area contributed by atoms with E-state index in [-0.39, 0.29) is 17.2 Å². The molecule has 0 unspecified atom stereocenters. The molecule has 6 nitrogen and oxygen atoms in total. The number of aromatic nitrogens is 2. The fourth-order valence-corrected chi connectivity index (χ4v) is 2.49. The number of aldehydes is 1. The standard InChI is InChI=1S/C18H14ClFN4O2/c1-26-16-9-22-17(13-8-12(19)2-3-14(13)20)24-18(16)23-15-5-7-21-6-4-11(15)10-25/h2-3,5-10H,4H2,1H3,(H,22,23,24). The van der Waals surface area contributed by atoms with Crippen molar-refractivity contribution < 1.29 is 13.9 Å². The number of benzene rings is 1. The number of carbonyl (C=O) groups is 1. The lowest BCUT2D eigenvalue weighted by Gasteiger charge is -2.13. The van der Waals surface area contributed by atoms with Gasteiger partial charge >= 0.3 is 0 Å². The Bertz CT molecular complexity index is 941. The van der Waals surface area contributed by atoms with Gasteiger partial charge in [0, 0.05) is 35.1 Å². The fraction of sp³-hybridized carbons (Fsp3) is 0.111. The van der Waals surface area contributed by atoms with Crippen molar-refractivity contribution in [2.45, 2.75) is 6.42 Å². The summed E-state index contributed by atoms with van der Waals surface area (Å²) in [6, 6.07) is 4.13. The molecular formula is C18H14ClFN4O2. The average Bonchev–Trinajstić information content (AvgIpc) is 2.88. The van der Waals surface area contributed by atoms with E-state index < -0.39 is 5.82 Å². The molecule has 26 heavy (non-hydrogen) atoms. The van der Waals surface area contributed by atoms with Crippen molar-refractivity contribution in [2.75, 3.05) is 12.4 Å². The van der Waals surface area contributed by atoms with Gasteiger partial charge in [-0.2, -0.15) is 0 Å². The second kappa shape index (κ2) is 7.88. The molecule has 0 saturated carbocycles. The van der Waals surface area contributed by atoms with Crippen LogP contribution < -0.4 is 10.1 Å². The first kappa shape index (κ1) is 17.8. The molecule has 1 aromatic carbocycles. The summed E-state index contributed by atoms with van der Waals surface area (Å²) in [7, 11) is 1.46. The second-order valence-electron chi connectivity index (χ2n) is 5.27. The number of halogens is 2. The summed E-state index contributed by atoms with van der Waals surface area (Å²) in [5, 5.41) is 3.40. The molecule has 3 rings (SSSR count). The fourth-order valence-electron chi connectivity index (χ4n) is 2.32. The third-order valence-corrected chi connectivity index (χ3v) is 3.86. The molecule has 8 heteroatoms. The van der Waals surface area contributed by atoms with Crippen LogP contribution in [0.2, 0.25) is 5.02 Å². The van der Waals surface area contributed by atoms with E-state index in [1.165, 1.54) is 31.5 Å². The first-order valence-electron chi connectivity index (χ1n) is 7.62. The molecule has 0 aliphatic carbocycles. The number of nitrogens with zero attached hydrogens (tertiary/aromatic N) is 3. The molecule has 0 saturated heterocycles. The molecule has 1 aliphatic heterocycles. The Morgan fingerprint density at radius 1 is 1.38 bits per heavy atom. The van der Waals surface area contributed by atoms with Crippen LogP contribution in [0.3, 0.4) is 0 Å². The molecule has 2 aromatic rings. The third kappa shape index (κ3) is 3.78. The number of carbonyl (C=O) groups excluding carboxylic acids is 1. The quantitative estimate of drug-likeness (QED) is 0.808. The summed E-state index contributed by atoms with van der Waals surface area (Å²) < 4.78 is 19.4. The van der Waals surface area contributed by atoms with Crippen LogP contribution in [0, 0.1) is 5.82 Å². The zero-order valence-electron chi connectivity index (χ0n) is 13.7. The van der Waals surface area contributed by atoms with Gasteiger partial charge in [0.2, 0.25) is 0 Å². The highest BCUT2D eigenvalue weighted by molar-refractivity contribution is 6.30. The molecule has 1 aromatic heterocycles. The number of rotatable bonds is 5. The Morgan fingerprint density at radius 2 is 2.23 bits per heavy atom. The number of hydrogen-bond donors (Lipinski definition) is 1. The Kier molecular flexibility index (Phi) is 5.38. The lowest BCUT2D eigenvalue weighted by Crippen LogP contribution is -2.07. The van der Waals surface area contributed by atoms with E-state index in [2.05, 4.69) is 20.3 Å². The summed E-state index contributed by atoms with van der Waals surface area (Å²) in [5.41, 5.74) is 1.18. The molecule has 0 amide bonds. The molecule has 0 bridgehead atoms. The first-order chi connectivity index (χ1) is 12.6. The van der Waals surface area contributed by atoms with Crippen molar-refractivity contribution in [3.8, 4) is 17.1 Å². The number of allylic oxidation sites excluding steroid dienone is 2. The van der Waals surface area contributed by atoms with Gasteiger partial charge in [-0.3, -0.25) is 9.79 Å². The Balaban J connectivity index is 2.05. The van der Waals surface area contributed by atoms with Gasteiger partial charge in [0.15, 0.2) is 17.4 Å². The van der Waals surface area contributed by atoms with Crippen LogP contribution in [-0.2, 0) is 4.79 Å². The summed E-state index contributed by atoms with van der Waals surface area (Å²) in [6.45, 7) is 0. The predicted octanol–water partition coefficient (Wildman–Crippen LogP) is 3.80. The molecule has 0 atom stereocenters. The number of aliphatic imine (C=N–C) groups is 1. The number of methoxy groups -OCH3 is 1. The SMILES string of the molecule is COc1cnc(-c2cc(Cl)ccc2F)nc1NC1=C(C=O)CC=NC=C1. The van der Waals surface area contributed by atoms with Gasteiger partial charge in [0.25, 0.3) is 0 Å². The molecule has 132 valence electrons. The van der Waals surface area contributed by atoms with Gasteiger partial charge in [-0.05, 0) is 24.3 Å². The minimum atomic E-state index is -0.499. The lowest BCUT2D eigenvalue weighted by atomic mass is 10.1. The Morgan fingerprint density at radius 3 is 3.00 bits per heavy atom. The van der Waals surface area contributed by atoms with Gasteiger partial charge in [-0.1, -0.05) is 11.6 Å². The van der Waals surface area contributed by atoms with E-state index in [9.17, 15) is 9.18 Å². The third-order valence-electron chi connectivity index (χ3n) is 3.63. The number of nitrogens with one attached hydrogen (secondary N) is 1. The topological polar surface area (TPSA) is 76.5 Å². The highest BCUT2D eigenvalue weighted by Gasteiger charge is 2.15. The van der Waals surface area contributed by atoms with Gasteiger partial charge in [0.05, 0.1) is 18.9 Å². The van der Waals surface area contributed by atoms with E-state index >= 15 is 0 Å². The lowest BCUT2D eigenvalue weighted by molar-refractivity contribution is -0.105. The summed E-state index contributed by atoms with van der Waals surface area (Å²) in [4.78, 5) is 23.8. The Hall–Kier alpha value is -3.06. The van der Waals surface area contributed by atoms with Gasteiger partial charge < -0.3 is 10.1 Å². The molecule has 0 spiro atoms. The highest BCUT2D eigenvalue weighted by Crippen LogP contribution is 2.29. The van der Waals surface area contributed by atoms with Crippen molar-refractivity contribution in [3.05, 3.63) is 58.8 Å². The average molecular weight is 373 g/mol. The predicted molar refractivity (Wildman–Crippen MR) is 97.9 cm³/mol. The molecule has 2 heterocycles. The van der Waals surface area contributed by atoms with Gasteiger partial charge in [-0.25, -0.2) is 14.4 Å². The van der Waals surface area contributed by atoms with Crippen LogP contribution in [0.1, 0.15) is 6.42 Å². The zero-order valence-corrected chi connectivity index (χ0v) is 14.5. The molecular weight excluding hydrogens is 359 g/mol. The van der Waals surface area contributed by atoms with Crippen LogP contribution in [-0.4, -0.2) is 29.6 Å². The number of hydrogen-bond acceptors (Lipinski definition) is 6. The van der Waals surface area contributed by atoms with E-state index in [1.54, 1.807) is 18.5 Å². The summed E-state index contributed by atoms with van der Waals surface area (Å²) in [6.07, 6.45) is 7.37. The normalized spacial score (nSPS) is 13.5. The van der Waals surface area contributed by atoms with Crippen LogP contribution in [0.25, 0.3) is 11.4 Å². The van der Waals surface area contributed by atoms with Crippen LogP contribution >= 0.6 is 11.6 Å². The smallest absolute Gasteiger partial charge is 0.179 e. The Labute approximate surface area is 154 Å². The minimum Gasteiger partial charge on any atom is -0.491 e. The van der Waals surface area contributed by atoms with Crippen molar-refractivity contribution in [1.82, 2.24) is 9.97 Å². The molecule has 1 N–H and O–H groups in total. The van der Waals surface area contributed by atoms with Crippen LogP contribution in [0.15, 0.2) is 52.9 Å². The van der Waals surface area contributed by atoms with Gasteiger partial charge in [0.1, 0.15) is 12.1 Å². The maximum absolute atomic E-state index is 14.1. The van der Waals surface area contributed by atoms with E-state index in [0.717, 1.165) is 6.29 Å². The van der Waals surface area contributed by atoms with E-state index in [4.69, 9.17) is 16.3 Å².